The van der Waals surface area contributed by atoms with Gasteiger partial charge in [-0.1, -0.05) is 12.1 Å². The van der Waals surface area contributed by atoms with Crippen LogP contribution in [0.15, 0.2) is 40.6 Å². The lowest BCUT2D eigenvalue weighted by molar-refractivity contribution is 0.0702. The van der Waals surface area contributed by atoms with E-state index in [4.69, 9.17) is 9.84 Å². The zero-order chi connectivity index (χ0) is 14.0. The van der Waals surface area contributed by atoms with Crippen LogP contribution in [0.3, 0.4) is 0 Å². The lowest BCUT2D eigenvalue weighted by atomic mass is 10.3. The number of hydrogen-bond donors (Lipinski definition) is 1. The number of aromatic carboxylic acids is 1. The topological polar surface area (TPSA) is 80.7 Å². The molecule has 19 heavy (non-hydrogen) atoms. The molecule has 1 N–H and O–H groups in total. The molecule has 2 aromatic rings. The molecule has 1 heterocycles. The van der Waals surface area contributed by atoms with Crippen LogP contribution in [0.1, 0.15) is 9.67 Å². The predicted octanol–water partition coefficient (Wildman–Crippen LogP) is 2.64. The number of sulfone groups is 1. The van der Waals surface area contributed by atoms with Gasteiger partial charge in [-0.2, -0.15) is 0 Å². The number of para-hydroxylation sites is 1. The summed E-state index contributed by atoms with van der Waals surface area (Å²) in [6.45, 7) is 0. The van der Waals surface area contributed by atoms with Gasteiger partial charge in [0.05, 0.1) is 0 Å². The standard InChI is InChI=1S/C12H10O5S2/c1-19(15,16)11-5-3-2-4-9(11)17-8-6-10(12(13)14)18-7-8/h2-7H,1H3,(H,13,14). The fourth-order valence-electron chi connectivity index (χ4n) is 1.45. The average molecular weight is 298 g/mol. The number of rotatable bonds is 4. The molecule has 1 aromatic heterocycles. The maximum Gasteiger partial charge on any atom is 0.346 e. The Bertz CT molecular complexity index is 715. The van der Waals surface area contributed by atoms with E-state index >= 15 is 0 Å². The molecule has 100 valence electrons. The van der Waals surface area contributed by atoms with Gasteiger partial charge in [0, 0.05) is 17.7 Å². The second kappa shape index (κ2) is 5.02. The average Bonchev–Trinajstić information content (AvgIpc) is 2.77. The second-order valence-electron chi connectivity index (χ2n) is 3.77. The molecule has 0 fully saturated rings. The number of ether oxygens (including phenoxy) is 1. The van der Waals surface area contributed by atoms with E-state index < -0.39 is 15.8 Å². The fraction of sp³-hybridized carbons (Fsp3) is 0.0833. The van der Waals surface area contributed by atoms with Gasteiger partial charge in [0.25, 0.3) is 0 Å². The molecule has 0 aliphatic heterocycles. The van der Waals surface area contributed by atoms with E-state index in [1.807, 2.05) is 0 Å². The highest BCUT2D eigenvalue weighted by atomic mass is 32.2. The summed E-state index contributed by atoms with van der Waals surface area (Å²) in [5.41, 5.74) is 0. The van der Waals surface area contributed by atoms with Crippen molar-refractivity contribution in [1.29, 1.82) is 0 Å². The smallest absolute Gasteiger partial charge is 0.346 e. The van der Waals surface area contributed by atoms with Gasteiger partial charge in [0.15, 0.2) is 9.84 Å². The van der Waals surface area contributed by atoms with E-state index in [9.17, 15) is 13.2 Å². The summed E-state index contributed by atoms with van der Waals surface area (Å²) in [5, 5.41) is 10.3. The molecule has 0 radical (unpaired) electrons. The van der Waals surface area contributed by atoms with Crippen molar-refractivity contribution in [2.24, 2.45) is 0 Å². The van der Waals surface area contributed by atoms with Gasteiger partial charge in [-0.05, 0) is 12.1 Å². The molecular weight excluding hydrogens is 288 g/mol. The molecule has 0 unspecified atom stereocenters. The summed E-state index contributed by atoms with van der Waals surface area (Å²) in [6.07, 6.45) is 1.09. The van der Waals surface area contributed by atoms with Crippen molar-refractivity contribution in [3.05, 3.63) is 40.6 Å². The van der Waals surface area contributed by atoms with Crippen molar-refractivity contribution >= 4 is 27.1 Å². The Hall–Kier alpha value is -1.86. The van der Waals surface area contributed by atoms with E-state index in [2.05, 4.69) is 0 Å². The second-order valence-corrected chi connectivity index (χ2v) is 6.67. The highest BCUT2D eigenvalue weighted by molar-refractivity contribution is 7.90. The van der Waals surface area contributed by atoms with Crippen molar-refractivity contribution < 1.29 is 23.1 Å². The van der Waals surface area contributed by atoms with Crippen LogP contribution in [0.4, 0.5) is 0 Å². The van der Waals surface area contributed by atoms with Crippen LogP contribution in [0.25, 0.3) is 0 Å². The minimum atomic E-state index is -3.40. The minimum absolute atomic E-state index is 0.0677. The summed E-state index contributed by atoms with van der Waals surface area (Å²) in [4.78, 5) is 11.0. The van der Waals surface area contributed by atoms with E-state index in [-0.39, 0.29) is 15.5 Å². The molecule has 0 amide bonds. The van der Waals surface area contributed by atoms with Crippen LogP contribution in [0.2, 0.25) is 0 Å². The molecule has 0 atom stereocenters. The first-order valence-corrected chi connectivity index (χ1v) is 7.94. The molecule has 0 aliphatic carbocycles. The highest BCUT2D eigenvalue weighted by Crippen LogP contribution is 2.31. The molecule has 2 rings (SSSR count). The van der Waals surface area contributed by atoms with Crippen molar-refractivity contribution in [1.82, 2.24) is 0 Å². The van der Waals surface area contributed by atoms with Gasteiger partial charge >= 0.3 is 5.97 Å². The maximum atomic E-state index is 11.6. The molecule has 0 saturated carbocycles. The first-order chi connectivity index (χ1) is 8.88. The Morgan fingerprint density at radius 1 is 1.32 bits per heavy atom. The molecule has 0 aliphatic rings. The zero-order valence-corrected chi connectivity index (χ0v) is 11.5. The third kappa shape index (κ3) is 3.12. The Balaban J connectivity index is 2.36. The predicted molar refractivity (Wildman–Crippen MR) is 70.9 cm³/mol. The van der Waals surface area contributed by atoms with Crippen LogP contribution in [0, 0.1) is 0 Å². The van der Waals surface area contributed by atoms with Gasteiger partial charge in [0.2, 0.25) is 0 Å². The van der Waals surface area contributed by atoms with Crippen molar-refractivity contribution in [3.8, 4) is 11.5 Å². The van der Waals surface area contributed by atoms with Crippen LogP contribution >= 0.6 is 11.3 Å². The van der Waals surface area contributed by atoms with E-state index in [1.165, 1.54) is 23.6 Å². The molecule has 7 heteroatoms. The fourth-order valence-corrected chi connectivity index (χ4v) is 2.90. The number of carbonyl (C=O) groups is 1. The third-order valence-corrected chi connectivity index (χ3v) is 4.30. The van der Waals surface area contributed by atoms with Crippen molar-refractivity contribution in [2.45, 2.75) is 4.90 Å². The number of carboxylic acid groups (broad SMARTS) is 1. The van der Waals surface area contributed by atoms with Gasteiger partial charge in [-0.25, -0.2) is 13.2 Å². The van der Waals surface area contributed by atoms with E-state index in [0.29, 0.717) is 5.75 Å². The summed E-state index contributed by atoms with van der Waals surface area (Å²) in [5.74, 6) is -0.561. The van der Waals surface area contributed by atoms with Gasteiger partial charge in [-0.3, -0.25) is 0 Å². The summed E-state index contributed by atoms with van der Waals surface area (Å²) >= 11 is 1.02. The van der Waals surface area contributed by atoms with Gasteiger partial charge < -0.3 is 9.84 Å². The summed E-state index contributed by atoms with van der Waals surface area (Å²) in [7, 11) is -3.40. The number of thiophene rings is 1. The largest absolute Gasteiger partial charge is 0.477 e. The summed E-state index contributed by atoms with van der Waals surface area (Å²) in [6, 6.07) is 7.56. The quantitative estimate of drug-likeness (QED) is 0.938. The van der Waals surface area contributed by atoms with Crippen LogP contribution in [0.5, 0.6) is 11.5 Å². The van der Waals surface area contributed by atoms with Gasteiger partial charge in [0.1, 0.15) is 21.3 Å². The van der Waals surface area contributed by atoms with Gasteiger partial charge in [-0.15, -0.1) is 11.3 Å². The first-order valence-electron chi connectivity index (χ1n) is 5.16. The lowest BCUT2D eigenvalue weighted by Gasteiger charge is -2.07. The SMILES string of the molecule is CS(=O)(=O)c1ccccc1Oc1csc(C(=O)O)c1. The normalized spacial score (nSPS) is 11.2. The molecule has 0 saturated heterocycles. The highest BCUT2D eigenvalue weighted by Gasteiger charge is 2.15. The lowest BCUT2D eigenvalue weighted by Crippen LogP contribution is -1.99. The molecule has 0 spiro atoms. The van der Waals surface area contributed by atoms with Crippen LogP contribution < -0.4 is 4.74 Å². The molecule has 5 nitrogen and oxygen atoms in total. The number of carboxylic acids is 1. The Kier molecular flexibility index (Phi) is 3.59. The number of benzene rings is 1. The zero-order valence-electron chi connectivity index (χ0n) is 9.86. The molecule has 0 bridgehead atoms. The van der Waals surface area contributed by atoms with Crippen LogP contribution in [-0.2, 0) is 9.84 Å². The third-order valence-electron chi connectivity index (χ3n) is 2.26. The minimum Gasteiger partial charge on any atom is -0.477 e. The van der Waals surface area contributed by atoms with Crippen LogP contribution in [-0.4, -0.2) is 25.7 Å². The number of hydrogen-bond acceptors (Lipinski definition) is 5. The Labute approximate surface area is 114 Å². The van der Waals surface area contributed by atoms with E-state index in [0.717, 1.165) is 17.6 Å². The van der Waals surface area contributed by atoms with Crippen molar-refractivity contribution in [3.63, 3.8) is 0 Å². The Morgan fingerprint density at radius 2 is 2.00 bits per heavy atom. The first kappa shape index (κ1) is 13.6. The van der Waals surface area contributed by atoms with Crippen molar-refractivity contribution in [2.75, 3.05) is 6.26 Å². The molecule has 1 aromatic carbocycles. The summed E-state index contributed by atoms with van der Waals surface area (Å²) < 4.78 is 28.6. The van der Waals surface area contributed by atoms with E-state index in [1.54, 1.807) is 12.1 Å². The molecular formula is C12H10O5S2. The monoisotopic (exact) mass is 298 g/mol. The maximum absolute atomic E-state index is 11.6. The Morgan fingerprint density at radius 3 is 2.58 bits per heavy atom.